The average molecular weight is 290 g/mol. The molecule has 114 valence electrons. The van der Waals surface area contributed by atoms with Crippen molar-refractivity contribution >= 4 is 11.8 Å². The topological polar surface area (TPSA) is 62.6 Å². The first kappa shape index (κ1) is 14.2. The third-order valence-corrected chi connectivity index (χ3v) is 4.54. The fraction of sp³-hybridized carbons (Fsp3) is 0.625. The van der Waals surface area contributed by atoms with E-state index in [1.54, 1.807) is 12.3 Å². The summed E-state index contributed by atoms with van der Waals surface area (Å²) in [6.07, 6.45) is 5.12. The van der Waals surface area contributed by atoms with Crippen molar-refractivity contribution in [2.75, 3.05) is 13.1 Å². The van der Waals surface area contributed by atoms with Crippen molar-refractivity contribution in [1.82, 2.24) is 10.2 Å². The van der Waals surface area contributed by atoms with Gasteiger partial charge in [0.15, 0.2) is 0 Å². The first-order valence-electron chi connectivity index (χ1n) is 7.72. The lowest BCUT2D eigenvalue weighted by Gasteiger charge is -2.33. The van der Waals surface area contributed by atoms with Gasteiger partial charge in [0.1, 0.15) is 11.2 Å². The molecule has 1 atom stereocenters. The molecule has 1 saturated carbocycles. The highest BCUT2D eigenvalue weighted by atomic mass is 16.3. The summed E-state index contributed by atoms with van der Waals surface area (Å²) in [6, 6.07) is 3.60. The van der Waals surface area contributed by atoms with Crippen LogP contribution in [-0.4, -0.2) is 29.8 Å². The van der Waals surface area contributed by atoms with Crippen molar-refractivity contribution in [2.45, 2.75) is 39.2 Å². The number of nitrogens with zero attached hydrogens (tertiary/aromatic N) is 1. The second kappa shape index (κ2) is 5.54. The van der Waals surface area contributed by atoms with Gasteiger partial charge in [-0.1, -0.05) is 6.92 Å². The van der Waals surface area contributed by atoms with Crippen molar-refractivity contribution in [1.29, 1.82) is 0 Å². The molecule has 1 N–H and O–H groups in total. The lowest BCUT2D eigenvalue weighted by Crippen LogP contribution is -2.48. The molecule has 21 heavy (non-hydrogen) atoms. The van der Waals surface area contributed by atoms with Crippen molar-refractivity contribution < 1.29 is 14.0 Å². The lowest BCUT2D eigenvalue weighted by atomic mass is 9.97. The predicted octanol–water partition coefficient (Wildman–Crippen LogP) is 1.93. The molecule has 0 bridgehead atoms. The van der Waals surface area contributed by atoms with E-state index in [2.05, 4.69) is 12.2 Å². The highest BCUT2D eigenvalue weighted by Crippen LogP contribution is 2.48. The van der Waals surface area contributed by atoms with Crippen LogP contribution in [0.1, 0.15) is 38.4 Å². The van der Waals surface area contributed by atoms with Crippen LogP contribution in [-0.2, 0) is 16.1 Å². The van der Waals surface area contributed by atoms with E-state index < -0.39 is 5.41 Å². The van der Waals surface area contributed by atoms with Gasteiger partial charge in [0.2, 0.25) is 11.8 Å². The van der Waals surface area contributed by atoms with Gasteiger partial charge in [0.05, 0.1) is 12.8 Å². The maximum atomic E-state index is 12.7. The molecule has 0 radical (unpaired) electrons. The Morgan fingerprint density at radius 2 is 2.29 bits per heavy atom. The summed E-state index contributed by atoms with van der Waals surface area (Å²) in [5.74, 6) is 1.11. The summed E-state index contributed by atoms with van der Waals surface area (Å²) in [5, 5.41) is 2.84. The van der Waals surface area contributed by atoms with E-state index in [0.29, 0.717) is 31.1 Å². The number of rotatable bonds is 4. The van der Waals surface area contributed by atoms with Gasteiger partial charge >= 0.3 is 0 Å². The van der Waals surface area contributed by atoms with Gasteiger partial charge in [-0.05, 0) is 43.7 Å². The van der Waals surface area contributed by atoms with Gasteiger partial charge in [-0.3, -0.25) is 9.59 Å². The van der Waals surface area contributed by atoms with Gasteiger partial charge in [0, 0.05) is 13.1 Å². The monoisotopic (exact) mass is 290 g/mol. The zero-order valence-electron chi connectivity index (χ0n) is 12.4. The number of likely N-dealkylation sites (tertiary alicyclic amines) is 1. The molecular formula is C16H22N2O3. The molecule has 0 aromatic carbocycles. The zero-order chi connectivity index (χ0) is 14.9. The van der Waals surface area contributed by atoms with Crippen molar-refractivity contribution in [3.8, 4) is 0 Å². The molecule has 2 aliphatic rings. The predicted molar refractivity (Wildman–Crippen MR) is 77.2 cm³/mol. The van der Waals surface area contributed by atoms with Crippen LogP contribution >= 0.6 is 0 Å². The van der Waals surface area contributed by atoms with Crippen LogP contribution in [0.25, 0.3) is 0 Å². The summed E-state index contributed by atoms with van der Waals surface area (Å²) < 4.78 is 5.20. The van der Waals surface area contributed by atoms with Crippen molar-refractivity contribution in [3.63, 3.8) is 0 Å². The van der Waals surface area contributed by atoms with E-state index in [4.69, 9.17) is 4.42 Å². The number of amides is 2. The van der Waals surface area contributed by atoms with Crippen molar-refractivity contribution in [2.24, 2.45) is 11.3 Å². The van der Waals surface area contributed by atoms with Crippen molar-refractivity contribution in [3.05, 3.63) is 24.2 Å². The fourth-order valence-corrected chi connectivity index (χ4v) is 3.09. The Morgan fingerprint density at radius 3 is 2.90 bits per heavy atom. The summed E-state index contributed by atoms with van der Waals surface area (Å²) in [4.78, 5) is 26.9. The second-order valence-corrected chi connectivity index (χ2v) is 6.34. The highest BCUT2D eigenvalue weighted by molar-refractivity contribution is 6.07. The van der Waals surface area contributed by atoms with E-state index in [1.165, 1.54) is 6.42 Å². The van der Waals surface area contributed by atoms with Gasteiger partial charge in [0.25, 0.3) is 0 Å². The lowest BCUT2D eigenvalue weighted by molar-refractivity contribution is -0.145. The molecule has 0 spiro atoms. The largest absolute Gasteiger partial charge is 0.467 e. The standard InChI is InChI=1S/C16H22N2O3/c1-12-4-2-8-18(11-12)15(20)16(6-7-16)14(19)17-10-13-5-3-9-21-13/h3,5,9,12H,2,4,6-8,10-11H2,1H3,(H,17,19). The molecule has 1 aliphatic heterocycles. The van der Waals surface area contributed by atoms with Crippen LogP contribution in [0.5, 0.6) is 0 Å². The molecular weight excluding hydrogens is 268 g/mol. The van der Waals surface area contributed by atoms with Crippen LogP contribution in [0.4, 0.5) is 0 Å². The van der Waals surface area contributed by atoms with Gasteiger partial charge in [-0.15, -0.1) is 0 Å². The summed E-state index contributed by atoms with van der Waals surface area (Å²) in [7, 11) is 0. The minimum absolute atomic E-state index is 0.0194. The van der Waals surface area contributed by atoms with E-state index in [1.807, 2.05) is 11.0 Å². The smallest absolute Gasteiger partial charge is 0.238 e. The maximum Gasteiger partial charge on any atom is 0.238 e. The Balaban J connectivity index is 1.60. The minimum atomic E-state index is -0.802. The summed E-state index contributed by atoms with van der Waals surface area (Å²) in [5.41, 5.74) is -0.802. The SMILES string of the molecule is CC1CCCN(C(=O)C2(C(=O)NCc3ccco3)CC2)C1. The Hall–Kier alpha value is -1.78. The first-order valence-corrected chi connectivity index (χ1v) is 7.72. The normalized spacial score (nSPS) is 23.7. The van der Waals surface area contributed by atoms with E-state index in [9.17, 15) is 9.59 Å². The Bertz CT molecular complexity index is 520. The molecule has 2 amide bonds. The Labute approximate surface area is 124 Å². The molecule has 5 nitrogen and oxygen atoms in total. The number of hydrogen-bond donors (Lipinski definition) is 1. The number of piperidine rings is 1. The zero-order valence-corrected chi connectivity index (χ0v) is 12.4. The minimum Gasteiger partial charge on any atom is -0.467 e. The first-order chi connectivity index (χ1) is 10.1. The van der Waals surface area contributed by atoms with Crippen LogP contribution < -0.4 is 5.32 Å². The number of nitrogens with one attached hydrogen (secondary N) is 1. The molecule has 1 aromatic heterocycles. The number of furan rings is 1. The molecule has 1 unspecified atom stereocenters. The average Bonchev–Trinajstić information content (AvgIpc) is 3.13. The van der Waals surface area contributed by atoms with E-state index in [-0.39, 0.29) is 11.8 Å². The van der Waals surface area contributed by atoms with Gasteiger partial charge in [-0.2, -0.15) is 0 Å². The summed E-state index contributed by atoms with van der Waals surface area (Å²) in [6.45, 7) is 4.08. The van der Waals surface area contributed by atoms with Crippen LogP contribution in [0.2, 0.25) is 0 Å². The highest BCUT2D eigenvalue weighted by Gasteiger charge is 2.58. The molecule has 1 aromatic rings. The third-order valence-electron chi connectivity index (χ3n) is 4.54. The van der Waals surface area contributed by atoms with Gasteiger partial charge in [-0.25, -0.2) is 0 Å². The quantitative estimate of drug-likeness (QED) is 0.862. The molecule has 3 rings (SSSR count). The molecule has 1 saturated heterocycles. The van der Waals surface area contributed by atoms with Crippen LogP contribution in [0.15, 0.2) is 22.8 Å². The van der Waals surface area contributed by atoms with Crippen LogP contribution in [0, 0.1) is 11.3 Å². The fourth-order valence-electron chi connectivity index (χ4n) is 3.09. The van der Waals surface area contributed by atoms with E-state index >= 15 is 0 Å². The number of carbonyl (C=O) groups excluding carboxylic acids is 2. The van der Waals surface area contributed by atoms with E-state index in [0.717, 1.165) is 19.5 Å². The number of carbonyl (C=O) groups is 2. The third kappa shape index (κ3) is 2.82. The Kier molecular flexibility index (Phi) is 3.74. The molecule has 1 aliphatic carbocycles. The second-order valence-electron chi connectivity index (χ2n) is 6.34. The molecule has 5 heteroatoms. The van der Waals surface area contributed by atoms with Crippen LogP contribution in [0.3, 0.4) is 0 Å². The molecule has 2 fully saturated rings. The Morgan fingerprint density at radius 1 is 1.48 bits per heavy atom. The van der Waals surface area contributed by atoms with Gasteiger partial charge < -0.3 is 14.6 Å². The number of hydrogen-bond acceptors (Lipinski definition) is 3. The summed E-state index contributed by atoms with van der Waals surface area (Å²) >= 11 is 0. The molecule has 2 heterocycles. The maximum absolute atomic E-state index is 12.7.